The van der Waals surface area contributed by atoms with Crippen LogP contribution >= 0.6 is 0 Å². The third-order valence-electron chi connectivity index (χ3n) is 5.86. The van der Waals surface area contributed by atoms with Gasteiger partial charge in [0.05, 0.1) is 24.5 Å². The monoisotopic (exact) mass is 482 g/mol. The molecule has 0 spiro atoms. The number of aromatic nitrogens is 4. The van der Waals surface area contributed by atoms with Crippen molar-refractivity contribution >= 4 is 17.5 Å². The predicted octanol–water partition coefficient (Wildman–Crippen LogP) is 4.43. The topological polar surface area (TPSA) is 103 Å². The summed E-state index contributed by atoms with van der Waals surface area (Å²) in [4.78, 5) is 21.8. The van der Waals surface area contributed by atoms with Crippen molar-refractivity contribution in [2.75, 3.05) is 17.2 Å². The highest BCUT2D eigenvalue weighted by atomic mass is 16.5. The number of rotatable bonds is 8. The van der Waals surface area contributed by atoms with Crippen LogP contribution in [0.4, 0.5) is 11.6 Å². The van der Waals surface area contributed by atoms with Crippen LogP contribution in [0.5, 0.6) is 11.5 Å². The van der Waals surface area contributed by atoms with Gasteiger partial charge in [0.2, 0.25) is 11.9 Å². The first-order valence-electron chi connectivity index (χ1n) is 11.6. The van der Waals surface area contributed by atoms with Crippen LogP contribution in [-0.2, 0) is 11.4 Å². The second-order valence-electron chi connectivity index (χ2n) is 8.25. The minimum absolute atomic E-state index is 0.242. The van der Waals surface area contributed by atoms with Crippen molar-refractivity contribution in [3.05, 3.63) is 103 Å². The van der Waals surface area contributed by atoms with Crippen molar-refractivity contribution in [3.8, 4) is 11.5 Å². The standard InChI is InChI=1S/C27H26N6O3/c1-3-35-23-14-20(11-12-22(23)36-16-19-8-5-4-6-9-19)25-24(18(2)31-27-29-17-30-33(25)27)26(34)32-21-10-7-13-28-15-21/h4-15,17,24-25H,2-3,16H2,1H3,(H,32,34)(H,29,30,31). The lowest BCUT2D eigenvalue weighted by atomic mass is 9.88. The number of carbonyl (C=O) groups is 1. The number of fused-ring (bicyclic) bond motifs is 1. The van der Waals surface area contributed by atoms with E-state index in [2.05, 4.69) is 32.3 Å². The number of hydrogen-bond acceptors (Lipinski definition) is 7. The fraction of sp³-hybridized carbons (Fsp3) is 0.185. The molecule has 0 saturated carbocycles. The molecule has 0 fully saturated rings. The van der Waals surface area contributed by atoms with Gasteiger partial charge in [-0.2, -0.15) is 10.1 Å². The minimum atomic E-state index is -0.676. The first-order valence-corrected chi connectivity index (χ1v) is 11.6. The molecule has 4 aromatic rings. The lowest BCUT2D eigenvalue weighted by Crippen LogP contribution is -2.39. The number of carbonyl (C=O) groups excluding carboxylic acids is 1. The zero-order chi connectivity index (χ0) is 24.9. The van der Waals surface area contributed by atoms with Crippen molar-refractivity contribution in [3.63, 3.8) is 0 Å². The van der Waals surface area contributed by atoms with E-state index in [0.29, 0.717) is 42.0 Å². The number of ether oxygens (including phenoxy) is 2. The van der Waals surface area contributed by atoms with Gasteiger partial charge in [0.1, 0.15) is 18.9 Å². The van der Waals surface area contributed by atoms with E-state index < -0.39 is 12.0 Å². The van der Waals surface area contributed by atoms with Gasteiger partial charge in [-0.25, -0.2) is 4.68 Å². The van der Waals surface area contributed by atoms with Gasteiger partial charge >= 0.3 is 0 Å². The molecule has 3 heterocycles. The second-order valence-corrected chi connectivity index (χ2v) is 8.25. The van der Waals surface area contributed by atoms with E-state index in [1.807, 2.05) is 55.5 Å². The van der Waals surface area contributed by atoms with E-state index >= 15 is 0 Å². The molecular formula is C27H26N6O3. The maximum Gasteiger partial charge on any atom is 0.236 e. The van der Waals surface area contributed by atoms with Crippen LogP contribution in [-0.4, -0.2) is 32.3 Å². The summed E-state index contributed by atoms with van der Waals surface area (Å²) in [5.41, 5.74) is 2.98. The van der Waals surface area contributed by atoms with E-state index in [1.54, 1.807) is 29.2 Å². The fourth-order valence-corrected chi connectivity index (χ4v) is 4.22. The Morgan fingerprint density at radius 3 is 2.75 bits per heavy atom. The number of nitrogens with one attached hydrogen (secondary N) is 2. The summed E-state index contributed by atoms with van der Waals surface area (Å²) in [7, 11) is 0. The summed E-state index contributed by atoms with van der Waals surface area (Å²) in [5.74, 6) is 0.798. The summed E-state index contributed by atoms with van der Waals surface area (Å²) in [6.07, 6.45) is 4.70. The lowest BCUT2D eigenvalue weighted by molar-refractivity contribution is -0.119. The second kappa shape index (κ2) is 10.3. The maximum absolute atomic E-state index is 13.5. The summed E-state index contributed by atoms with van der Waals surface area (Å²) in [6.45, 7) is 6.92. The first-order chi connectivity index (χ1) is 17.6. The van der Waals surface area contributed by atoms with Gasteiger partial charge in [-0.15, -0.1) is 0 Å². The largest absolute Gasteiger partial charge is 0.490 e. The van der Waals surface area contributed by atoms with Crippen molar-refractivity contribution in [1.82, 2.24) is 19.7 Å². The summed E-state index contributed by atoms with van der Waals surface area (Å²) < 4.78 is 13.7. The zero-order valence-corrected chi connectivity index (χ0v) is 19.8. The summed E-state index contributed by atoms with van der Waals surface area (Å²) >= 11 is 0. The lowest BCUT2D eigenvalue weighted by Gasteiger charge is -2.34. The van der Waals surface area contributed by atoms with E-state index in [4.69, 9.17) is 9.47 Å². The molecule has 36 heavy (non-hydrogen) atoms. The van der Waals surface area contributed by atoms with Crippen LogP contribution < -0.4 is 20.1 Å². The Bertz CT molecular complexity index is 1360. The molecule has 1 amide bonds. The number of benzene rings is 2. The highest BCUT2D eigenvalue weighted by Gasteiger charge is 2.40. The van der Waals surface area contributed by atoms with Crippen LogP contribution in [0.15, 0.2) is 91.7 Å². The number of nitrogens with zero attached hydrogens (tertiary/aromatic N) is 4. The molecule has 2 aromatic carbocycles. The Hall–Kier alpha value is -4.66. The van der Waals surface area contributed by atoms with E-state index in [0.717, 1.165) is 11.1 Å². The van der Waals surface area contributed by atoms with Crippen LogP contribution in [0.2, 0.25) is 0 Å². The molecule has 182 valence electrons. The van der Waals surface area contributed by atoms with Crippen LogP contribution in [0.1, 0.15) is 24.1 Å². The fourth-order valence-electron chi connectivity index (χ4n) is 4.22. The van der Waals surface area contributed by atoms with Gasteiger partial charge in [-0.3, -0.25) is 9.78 Å². The van der Waals surface area contributed by atoms with Crippen molar-refractivity contribution < 1.29 is 14.3 Å². The maximum atomic E-state index is 13.5. The normalized spacial score (nSPS) is 16.5. The molecule has 5 rings (SSSR count). The van der Waals surface area contributed by atoms with Crippen molar-refractivity contribution in [2.24, 2.45) is 5.92 Å². The van der Waals surface area contributed by atoms with Crippen LogP contribution in [0, 0.1) is 5.92 Å². The SMILES string of the molecule is C=C1Nc2ncnn2C(c2ccc(OCc3ccccc3)c(OCC)c2)C1C(=O)Nc1cccnc1. The van der Waals surface area contributed by atoms with Crippen molar-refractivity contribution in [2.45, 2.75) is 19.6 Å². The molecule has 0 bridgehead atoms. The molecule has 1 aliphatic rings. The molecule has 0 saturated heterocycles. The third-order valence-corrected chi connectivity index (χ3v) is 5.86. The average molecular weight is 483 g/mol. The predicted molar refractivity (Wildman–Crippen MR) is 136 cm³/mol. The van der Waals surface area contributed by atoms with Gasteiger partial charge in [0.25, 0.3) is 0 Å². The Morgan fingerprint density at radius 1 is 1.11 bits per heavy atom. The Morgan fingerprint density at radius 2 is 1.97 bits per heavy atom. The molecule has 2 unspecified atom stereocenters. The molecule has 0 aliphatic carbocycles. The molecule has 2 N–H and O–H groups in total. The number of anilines is 2. The number of pyridine rings is 1. The van der Waals surface area contributed by atoms with Gasteiger partial charge < -0.3 is 20.1 Å². The highest BCUT2D eigenvalue weighted by molar-refractivity contribution is 5.95. The number of hydrogen-bond donors (Lipinski definition) is 2. The van der Waals surface area contributed by atoms with Gasteiger partial charge in [-0.05, 0) is 42.3 Å². The Balaban J connectivity index is 1.48. The van der Waals surface area contributed by atoms with Crippen LogP contribution in [0.3, 0.4) is 0 Å². The molecule has 9 nitrogen and oxygen atoms in total. The first kappa shape index (κ1) is 23.1. The smallest absolute Gasteiger partial charge is 0.236 e. The molecular weight excluding hydrogens is 456 g/mol. The van der Waals surface area contributed by atoms with E-state index in [9.17, 15) is 4.79 Å². The highest BCUT2D eigenvalue weighted by Crippen LogP contribution is 2.40. The molecule has 2 atom stereocenters. The van der Waals surface area contributed by atoms with Gasteiger partial charge in [-0.1, -0.05) is 43.0 Å². The summed E-state index contributed by atoms with van der Waals surface area (Å²) in [5, 5.41) is 10.4. The van der Waals surface area contributed by atoms with Gasteiger partial charge in [0, 0.05) is 11.9 Å². The Labute approximate surface area is 208 Å². The molecule has 1 aliphatic heterocycles. The van der Waals surface area contributed by atoms with Crippen LogP contribution in [0.25, 0.3) is 0 Å². The third kappa shape index (κ3) is 4.76. The van der Waals surface area contributed by atoms with E-state index in [-0.39, 0.29) is 5.91 Å². The molecule has 0 radical (unpaired) electrons. The Kier molecular flexibility index (Phi) is 6.61. The quantitative estimate of drug-likeness (QED) is 0.383. The minimum Gasteiger partial charge on any atom is -0.490 e. The molecule has 2 aromatic heterocycles. The average Bonchev–Trinajstić information content (AvgIpc) is 3.36. The van der Waals surface area contributed by atoms with Crippen molar-refractivity contribution in [1.29, 1.82) is 0 Å². The number of amides is 1. The van der Waals surface area contributed by atoms with E-state index in [1.165, 1.54) is 6.33 Å². The van der Waals surface area contributed by atoms with Gasteiger partial charge in [0.15, 0.2) is 11.5 Å². The zero-order valence-electron chi connectivity index (χ0n) is 19.8. The summed E-state index contributed by atoms with van der Waals surface area (Å²) in [6, 6.07) is 18.6. The molecule has 9 heteroatoms.